The molecule has 2 heterocycles. The van der Waals surface area contributed by atoms with Crippen LogP contribution in [0.25, 0.3) is 0 Å². The lowest BCUT2D eigenvalue weighted by atomic mass is 9.97. The quantitative estimate of drug-likeness (QED) is 0.445. The maximum atomic E-state index is 4.30. The highest BCUT2D eigenvalue weighted by molar-refractivity contribution is 14.0. The van der Waals surface area contributed by atoms with Crippen molar-refractivity contribution in [2.45, 2.75) is 26.3 Å². The Bertz CT molecular complexity index is 439. The fraction of sp³-hybridized carbons (Fsp3) is 0.667. The summed E-state index contributed by atoms with van der Waals surface area (Å²) in [5, 5.41) is 6.84. The molecule has 0 aromatic carbocycles. The van der Waals surface area contributed by atoms with Gasteiger partial charge in [-0.1, -0.05) is 0 Å². The first-order valence-electron chi connectivity index (χ1n) is 7.35. The topological polar surface area (TPSA) is 39.7 Å². The Morgan fingerprint density at radius 1 is 1.33 bits per heavy atom. The summed E-state index contributed by atoms with van der Waals surface area (Å²) in [4.78, 5) is 9.41. The van der Waals surface area contributed by atoms with Gasteiger partial charge in [-0.3, -0.25) is 4.99 Å². The Kier molecular flexibility index (Phi) is 8.58. The minimum atomic E-state index is 0. The fourth-order valence-corrected chi connectivity index (χ4v) is 3.31. The zero-order valence-electron chi connectivity index (χ0n) is 13.2. The molecular formula is C15H27IN4S. The Labute approximate surface area is 149 Å². The van der Waals surface area contributed by atoms with Crippen molar-refractivity contribution in [3.63, 3.8) is 0 Å². The largest absolute Gasteiger partial charge is 0.356 e. The van der Waals surface area contributed by atoms with Gasteiger partial charge >= 0.3 is 0 Å². The minimum Gasteiger partial charge on any atom is -0.356 e. The van der Waals surface area contributed by atoms with E-state index in [0.29, 0.717) is 0 Å². The second kappa shape index (κ2) is 9.63. The van der Waals surface area contributed by atoms with Crippen LogP contribution in [0, 0.1) is 12.8 Å². The summed E-state index contributed by atoms with van der Waals surface area (Å²) in [5.41, 5.74) is 0. The average molecular weight is 422 g/mol. The molecule has 0 aliphatic carbocycles. The first-order chi connectivity index (χ1) is 9.67. The molecule has 1 saturated heterocycles. The van der Waals surface area contributed by atoms with E-state index in [9.17, 15) is 0 Å². The van der Waals surface area contributed by atoms with Crippen LogP contribution in [0.4, 0.5) is 0 Å². The number of aliphatic imine (C=N–C) groups is 1. The van der Waals surface area contributed by atoms with Gasteiger partial charge in [-0.2, -0.15) is 0 Å². The number of likely N-dealkylation sites (tertiary alicyclic amines) is 1. The van der Waals surface area contributed by atoms with Crippen LogP contribution in [0.15, 0.2) is 17.1 Å². The van der Waals surface area contributed by atoms with Crippen LogP contribution in [0.5, 0.6) is 0 Å². The standard InChI is InChI=1S/C15H26N4S.HI/c1-12-4-5-14(20-12)11-18-15(16-2)17-10-13-6-8-19(3)9-7-13;/h4-5,13H,6-11H2,1-3H3,(H2,16,17,18);1H. The smallest absolute Gasteiger partial charge is 0.191 e. The second-order valence-electron chi connectivity index (χ2n) is 5.57. The fourth-order valence-electron chi connectivity index (χ4n) is 2.48. The minimum absolute atomic E-state index is 0. The summed E-state index contributed by atoms with van der Waals surface area (Å²) >= 11 is 1.84. The van der Waals surface area contributed by atoms with Gasteiger partial charge in [0.05, 0.1) is 6.54 Å². The molecule has 120 valence electrons. The van der Waals surface area contributed by atoms with E-state index in [0.717, 1.165) is 25.0 Å². The molecule has 0 saturated carbocycles. The van der Waals surface area contributed by atoms with Gasteiger partial charge in [0.2, 0.25) is 0 Å². The van der Waals surface area contributed by atoms with Gasteiger partial charge in [0, 0.05) is 23.3 Å². The Morgan fingerprint density at radius 3 is 2.62 bits per heavy atom. The summed E-state index contributed by atoms with van der Waals surface area (Å²) in [5.74, 6) is 1.68. The Hall–Kier alpha value is -0.340. The number of aryl methyl sites for hydroxylation is 1. The van der Waals surface area contributed by atoms with Crippen molar-refractivity contribution in [1.82, 2.24) is 15.5 Å². The zero-order chi connectivity index (χ0) is 14.4. The Morgan fingerprint density at radius 2 is 2.05 bits per heavy atom. The van der Waals surface area contributed by atoms with Gasteiger partial charge in [-0.25, -0.2) is 0 Å². The molecule has 2 N–H and O–H groups in total. The van der Waals surface area contributed by atoms with Gasteiger partial charge in [-0.15, -0.1) is 35.3 Å². The van der Waals surface area contributed by atoms with Crippen molar-refractivity contribution >= 4 is 41.3 Å². The number of nitrogens with one attached hydrogen (secondary N) is 2. The molecule has 1 aliphatic rings. The molecule has 0 bridgehead atoms. The molecule has 1 aromatic rings. The predicted octanol–water partition coefficient (Wildman–Crippen LogP) is 2.68. The van der Waals surface area contributed by atoms with Gasteiger partial charge < -0.3 is 15.5 Å². The van der Waals surface area contributed by atoms with Crippen molar-refractivity contribution in [2.75, 3.05) is 33.7 Å². The maximum absolute atomic E-state index is 4.30. The molecule has 1 aromatic heterocycles. The highest BCUT2D eigenvalue weighted by atomic mass is 127. The number of nitrogens with zero attached hydrogens (tertiary/aromatic N) is 2. The van der Waals surface area contributed by atoms with Crippen molar-refractivity contribution in [2.24, 2.45) is 10.9 Å². The lowest BCUT2D eigenvalue weighted by Gasteiger charge is -2.29. The monoisotopic (exact) mass is 422 g/mol. The first-order valence-corrected chi connectivity index (χ1v) is 8.17. The summed E-state index contributed by atoms with van der Waals surface area (Å²) in [6.07, 6.45) is 2.56. The van der Waals surface area contributed by atoms with Crippen LogP contribution in [0.1, 0.15) is 22.6 Å². The average Bonchev–Trinajstić information content (AvgIpc) is 2.87. The van der Waals surface area contributed by atoms with E-state index in [1.54, 1.807) is 0 Å². The van der Waals surface area contributed by atoms with E-state index >= 15 is 0 Å². The summed E-state index contributed by atoms with van der Waals surface area (Å²) < 4.78 is 0. The molecule has 0 spiro atoms. The van der Waals surface area contributed by atoms with Crippen molar-refractivity contribution < 1.29 is 0 Å². The molecule has 1 aliphatic heterocycles. The molecule has 6 heteroatoms. The maximum Gasteiger partial charge on any atom is 0.191 e. The van der Waals surface area contributed by atoms with Crippen molar-refractivity contribution in [1.29, 1.82) is 0 Å². The normalized spacial score (nSPS) is 17.4. The number of thiophene rings is 1. The molecule has 2 rings (SSSR count). The number of hydrogen-bond donors (Lipinski definition) is 2. The molecule has 1 fully saturated rings. The number of hydrogen-bond acceptors (Lipinski definition) is 3. The SMILES string of the molecule is CN=C(NCc1ccc(C)s1)NCC1CCN(C)CC1.I. The van der Waals surface area contributed by atoms with Gasteiger partial charge in [0.25, 0.3) is 0 Å². The van der Waals surface area contributed by atoms with Crippen molar-refractivity contribution in [3.8, 4) is 0 Å². The lowest BCUT2D eigenvalue weighted by molar-refractivity contribution is 0.220. The van der Waals surface area contributed by atoms with E-state index in [1.807, 2.05) is 18.4 Å². The van der Waals surface area contributed by atoms with E-state index < -0.39 is 0 Å². The molecular weight excluding hydrogens is 395 g/mol. The zero-order valence-corrected chi connectivity index (χ0v) is 16.3. The van der Waals surface area contributed by atoms with Crippen LogP contribution in [0.3, 0.4) is 0 Å². The Balaban J connectivity index is 0.00000220. The van der Waals surface area contributed by atoms with Crippen molar-refractivity contribution in [3.05, 3.63) is 21.9 Å². The molecule has 21 heavy (non-hydrogen) atoms. The highest BCUT2D eigenvalue weighted by Gasteiger charge is 2.16. The first kappa shape index (κ1) is 18.7. The summed E-state index contributed by atoms with van der Waals surface area (Å²) in [7, 11) is 4.04. The van der Waals surface area contributed by atoms with Crippen LogP contribution < -0.4 is 10.6 Å². The van der Waals surface area contributed by atoms with Crippen LogP contribution in [-0.4, -0.2) is 44.6 Å². The lowest BCUT2D eigenvalue weighted by Crippen LogP contribution is -2.41. The van der Waals surface area contributed by atoms with Crippen LogP contribution in [-0.2, 0) is 6.54 Å². The second-order valence-corrected chi connectivity index (χ2v) is 6.94. The molecule has 0 amide bonds. The van der Waals surface area contributed by atoms with Crippen LogP contribution in [0.2, 0.25) is 0 Å². The number of halogens is 1. The van der Waals surface area contributed by atoms with Gasteiger partial charge in [-0.05, 0) is 58.0 Å². The third-order valence-electron chi connectivity index (χ3n) is 3.85. The summed E-state index contributed by atoms with van der Waals surface area (Å²) in [6.45, 7) is 6.45. The number of rotatable bonds is 4. The van der Waals surface area contributed by atoms with E-state index in [-0.39, 0.29) is 24.0 Å². The van der Waals surface area contributed by atoms with Crippen LogP contribution >= 0.6 is 35.3 Å². The predicted molar refractivity (Wildman–Crippen MR) is 103 cm³/mol. The highest BCUT2D eigenvalue weighted by Crippen LogP contribution is 2.15. The third kappa shape index (κ3) is 6.52. The van der Waals surface area contributed by atoms with E-state index in [1.165, 1.54) is 35.7 Å². The number of guanidine groups is 1. The third-order valence-corrected chi connectivity index (χ3v) is 4.85. The van der Waals surface area contributed by atoms with E-state index in [4.69, 9.17) is 0 Å². The van der Waals surface area contributed by atoms with Gasteiger partial charge in [0.15, 0.2) is 5.96 Å². The molecule has 4 nitrogen and oxygen atoms in total. The summed E-state index contributed by atoms with van der Waals surface area (Å²) in [6, 6.07) is 4.34. The van der Waals surface area contributed by atoms with E-state index in [2.05, 4.69) is 46.6 Å². The molecule has 0 radical (unpaired) electrons. The van der Waals surface area contributed by atoms with Gasteiger partial charge in [0.1, 0.15) is 0 Å². The molecule has 0 atom stereocenters. The number of piperidine rings is 1. The molecule has 0 unspecified atom stereocenters.